The summed E-state index contributed by atoms with van der Waals surface area (Å²) in [4.78, 5) is 21.8. The maximum atomic E-state index is 12.5. The average molecular weight is 489 g/mol. The van der Waals surface area contributed by atoms with Crippen molar-refractivity contribution >= 4 is 45.1 Å². The van der Waals surface area contributed by atoms with E-state index in [9.17, 15) is 9.90 Å². The molecule has 7 nitrogen and oxygen atoms in total. The number of aromatic nitrogens is 2. The summed E-state index contributed by atoms with van der Waals surface area (Å²) in [7, 11) is 0. The molecule has 1 aliphatic rings. The van der Waals surface area contributed by atoms with E-state index < -0.39 is 0 Å². The first-order valence-electron chi connectivity index (χ1n) is 9.17. The fraction of sp³-hybridized carbons (Fsp3) is 0.300. The van der Waals surface area contributed by atoms with Crippen LogP contribution in [0.1, 0.15) is 18.4 Å². The number of aromatic amines is 1. The molecular weight excluding hydrogens is 469 g/mol. The third-order valence-electron chi connectivity index (χ3n) is 5.03. The predicted molar refractivity (Wildman–Crippen MR) is 114 cm³/mol. The summed E-state index contributed by atoms with van der Waals surface area (Å²) in [5, 5.41) is 18.8. The van der Waals surface area contributed by atoms with E-state index >= 15 is 0 Å². The van der Waals surface area contributed by atoms with Crippen molar-refractivity contribution in [3.05, 3.63) is 51.9 Å². The lowest BCUT2D eigenvalue weighted by Crippen LogP contribution is -2.35. The predicted octanol–water partition coefficient (Wildman–Crippen LogP) is 4.40. The van der Waals surface area contributed by atoms with Gasteiger partial charge in [-0.3, -0.25) is 14.7 Å². The Hall–Kier alpha value is -2.33. The van der Waals surface area contributed by atoms with Crippen molar-refractivity contribution in [1.29, 1.82) is 0 Å². The van der Waals surface area contributed by atoms with Crippen LogP contribution in [0.5, 0.6) is 5.88 Å². The third-order valence-corrected chi connectivity index (χ3v) is 5.70. The van der Waals surface area contributed by atoms with E-state index in [4.69, 9.17) is 0 Å². The minimum atomic E-state index is -0.222. The van der Waals surface area contributed by atoms with Crippen molar-refractivity contribution in [3.63, 3.8) is 0 Å². The summed E-state index contributed by atoms with van der Waals surface area (Å²) in [6.45, 7) is 2.53. The average Bonchev–Trinajstić information content (AvgIpc) is 3.02. The first kappa shape index (κ1) is 19.0. The van der Waals surface area contributed by atoms with Crippen LogP contribution in [0.2, 0.25) is 0 Å². The number of benzene rings is 1. The van der Waals surface area contributed by atoms with E-state index in [1.54, 1.807) is 6.20 Å². The van der Waals surface area contributed by atoms with Crippen molar-refractivity contribution in [2.24, 2.45) is 16.1 Å². The van der Waals surface area contributed by atoms with Gasteiger partial charge in [0.2, 0.25) is 5.88 Å². The molecule has 0 saturated carbocycles. The van der Waals surface area contributed by atoms with Crippen LogP contribution in [0.15, 0.2) is 53.0 Å². The molecule has 28 heavy (non-hydrogen) atoms. The summed E-state index contributed by atoms with van der Waals surface area (Å²) >= 11 is 2.20. The standard InChI is InChI=1S/C20H20IN5O2/c21-15-3-4-17-16(10-15)18(20(28)23-17)24-25-19(27)14-5-8-26(9-6-14)12-13-2-1-7-22-11-13/h1-4,7,10-11,14,23,28H,5-6,8-9,12H2. The largest absolute Gasteiger partial charge is 0.493 e. The minimum Gasteiger partial charge on any atom is -0.493 e. The van der Waals surface area contributed by atoms with Gasteiger partial charge in [-0.05, 0) is 78.4 Å². The zero-order valence-corrected chi connectivity index (χ0v) is 17.3. The van der Waals surface area contributed by atoms with Crippen molar-refractivity contribution in [1.82, 2.24) is 14.9 Å². The molecule has 3 aromatic rings. The number of likely N-dealkylation sites (tertiary alicyclic amines) is 1. The summed E-state index contributed by atoms with van der Waals surface area (Å²) in [6.07, 6.45) is 5.16. The Morgan fingerprint density at radius 3 is 2.89 bits per heavy atom. The number of fused-ring (bicyclic) bond motifs is 1. The fourth-order valence-electron chi connectivity index (χ4n) is 3.51. The molecule has 0 aliphatic carbocycles. The molecule has 0 radical (unpaired) electrons. The number of rotatable bonds is 4. The highest BCUT2D eigenvalue weighted by atomic mass is 127. The number of nitrogens with zero attached hydrogens (tertiary/aromatic N) is 4. The molecule has 0 spiro atoms. The first-order valence-corrected chi connectivity index (χ1v) is 10.2. The molecule has 0 unspecified atom stereocenters. The van der Waals surface area contributed by atoms with Gasteiger partial charge in [0.1, 0.15) is 0 Å². The number of halogens is 1. The number of carbonyl (C=O) groups is 1. The highest BCUT2D eigenvalue weighted by Crippen LogP contribution is 2.36. The zero-order valence-electron chi connectivity index (χ0n) is 15.2. The Morgan fingerprint density at radius 2 is 2.14 bits per heavy atom. The third kappa shape index (κ3) is 4.22. The van der Waals surface area contributed by atoms with Gasteiger partial charge in [0.05, 0.1) is 5.52 Å². The van der Waals surface area contributed by atoms with Crippen LogP contribution in [0.4, 0.5) is 5.69 Å². The van der Waals surface area contributed by atoms with Gasteiger partial charge in [0.15, 0.2) is 5.69 Å². The van der Waals surface area contributed by atoms with Crippen molar-refractivity contribution in [2.75, 3.05) is 13.1 Å². The number of hydrogen-bond acceptors (Lipinski definition) is 5. The van der Waals surface area contributed by atoms with Crippen molar-refractivity contribution < 1.29 is 9.90 Å². The lowest BCUT2D eigenvalue weighted by atomic mass is 9.96. The van der Waals surface area contributed by atoms with Gasteiger partial charge >= 0.3 is 0 Å². The zero-order chi connectivity index (χ0) is 19.5. The van der Waals surface area contributed by atoms with Gasteiger partial charge < -0.3 is 10.1 Å². The van der Waals surface area contributed by atoms with E-state index in [0.29, 0.717) is 5.69 Å². The molecule has 8 heteroatoms. The molecule has 0 atom stereocenters. The molecule has 4 rings (SSSR count). The Kier molecular flexibility index (Phi) is 5.67. The topological polar surface area (TPSA) is 93.9 Å². The number of aromatic hydroxyl groups is 1. The van der Waals surface area contributed by atoms with Crippen LogP contribution in [-0.2, 0) is 11.3 Å². The Balaban J connectivity index is 1.38. The van der Waals surface area contributed by atoms with Gasteiger partial charge in [-0.2, -0.15) is 0 Å². The number of pyridine rings is 1. The van der Waals surface area contributed by atoms with E-state index in [1.165, 1.54) is 5.56 Å². The maximum Gasteiger partial charge on any atom is 0.267 e. The van der Waals surface area contributed by atoms with E-state index in [1.807, 2.05) is 30.5 Å². The van der Waals surface area contributed by atoms with E-state index in [-0.39, 0.29) is 17.7 Å². The Morgan fingerprint density at radius 1 is 1.32 bits per heavy atom. The van der Waals surface area contributed by atoms with E-state index in [0.717, 1.165) is 46.9 Å². The monoisotopic (exact) mass is 489 g/mol. The SMILES string of the molecule is O=C(N=Nc1c(O)[nH]c2ccc(I)cc12)C1CCN(Cc2cccnc2)CC1. The second-order valence-corrected chi connectivity index (χ2v) is 8.21. The number of piperidine rings is 1. The number of azo groups is 1. The molecule has 2 aromatic heterocycles. The molecule has 1 fully saturated rings. The van der Waals surface area contributed by atoms with Crippen LogP contribution in [-0.4, -0.2) is 39.0 Å². The highest BCUT2D eigenvalue weighted by Gasteiger charge is 2.25. The number of hydrogen-bond donors (Lipinski definition) is 2. The molecule has 144 valence electrons. The molecule has 1 aromatic carbocycles. The van der Waals surface area contributed by atoms with Crippen LogP contribution < -0.4 is 0 Å². The van der Waals surface area contributed by atoms with Crippen molar-refractivity contribution in [3.8, 4) is 5.88 Å². The summed E-state index contributed by atoms with van der Waals surface area (Å²) in [5.41, 5.74) is 2.26. The van der Waals surface area contributed by atoms with E-state index in [2.05, 4.69) is 53.8 Å². The number of carbonyl (C=O) groups excluding carboxylic acids is 1. The summed E-state index contributed by atoms with van der Waals surface area (Å²) in [6, 6.07) is 9.71. The molecular formula is C20H20IN5O2. The van der Waals surface area contributed by atoms with Gasteiger partial charge in [0, 0.05) is 33.8 Å². The van der Waals surface area contributed by atoms with Gasteiger partial charge in [-0.15, -0.1) is 10.2 Å². The summed E-state index contributed by atoms with van der Waals surface area (Å²) < 4.78 is 1.02. The molecule has 0 bridgehead atoms. The second-order valence-electron chi connectivity index (χ2n) is 6.96. The number of amides is 1. The lowest BCUT2D eigenvalue weighted by Gasteiger charge is -2.30. The Bertz CT molecular complexity index is 1010. The lowest BCUT2D eigenvalue weighted by molar-refractivity contribution is -0.123. The number of H-pyrrole nitrogens is 1. The Labute approximate surface area is 176 Å². The quantitative estimate of drug-likeness (QED) is 0.420. The molecule has 3 heterocycles. The summed E-state index contributed by atoms with van der Waals surface area (Å²) in [5.74, 6) is -0.415. The van der Waals surface area contributed by atoms with Gasteiger partial charge in [0.25, 0.3) is 5.91 Å². The van der Waals surface area contributed by atoms with Crippen molar-refractivity contribution in [2.45, 2.75) is 19.4 Å². The second kappa shape index (κ2) is 8.36. The molecule has 1 aliphatic heterocycles. The van der Waals surface area contributed by atoms with Crippen LogP contribution in [0, 0.1) is 9.49 Å². The highest BCUT2D eigenvalue weighted by molar-refractivity contribution is 14.1. The van der Waals surface area contributed by atoms with Crippen LogP contribution >= 0.6 is 22.6 Å². The maximum absolute atomic E-state index is 12.5. The normalized spacial score (nSPS) is 16.2. The van der Waals surface area contributed by atoms with Crippen LogP contribution in [0.3, 0.4) is 0 Å². The smallest absolute Gasteiger partial charge is 0.267 e. The molecule has 1 saturated heterocycles. The van der Waals surface area contributed by atoms with Gasteiger partial charge in [-0.1, -0.05) is 6.07 Å². The minimum absolute atomic E-state index is 0.0696. The number of nitrogens with one attached hydrogen (secondary N) is 1. The van der Waals surface area contributed by atoms with Gasteiger partial charge in [-0.25, -0.2) is 0 Å². The fourth-order valence-corrected chi connectivity index (χ4v) is 4.00. The molecule has 1 amide bonds. The molecule has 2 N–H and O–H groups in total. The first-order chi connectivity index (χ1) is 13.6. The van der Waals surface area contributed by atoms with Crippen LogP contribution in [0.25, 0.3) is 10.9 Å².